The Morgan fingerprint density at radius 3 is 2.82 bits per heavy atom. The molecule has 0 aromatic carbocycles. The van der Waals surface area contributed by atoms with Crippen LogP contribution in [-0.2, 0) is 0 Å². The Bertz CT molecular complexity index is 491. The normalized spacial score (nSPS) is 11.5. The van der Waals surface area contributed by atoms with Gasteiger partial charge >= 0.3 is 0 Å². The molecule has 2 aromatic heterocycles. The van der Waals surface area contributed by atoms with E-state index in [1.807, 2.05) is 11.4 Å². The minimum atomic E-state index is 0.600. The molecule has 3 nitrogen and oxygen atoms in total. The van der Waals surface area contributed by atoms with E-state index in [4.69, 9.17) is 5.73 Å². The van der Waals surface area contributed by atoms with E-state index < -0.39 is 0 Å². The number of fused-ring (bicyclic) bond motifs is 1. The molecule has 17 heavy (non-hydrogen) atoms. The fourth-order valence-electron chi connectivity index (χ4n) is 1.64. The van der Waals surface area contributed by atoms with Crippen molar-refractivity contribution in [3.8, 4) is 0 Å². The molecule has 0 saturated carbocycles. The van der Waals surface area contributed by atoms with E-state index in [1.54, 1.807) is 23.1 Å². The number of hydrogen-bond acceptors (Lipinski definition) is 5. The van der Waals surface area contributed by atoms with Gasteiger partial charge in [0.1, 0.15) is 10.6 Å². The van der Waals surface area contributed by atoms with Crippen molar-refractivity contribution in [1.29, 1.82) is 0 Å². The number of anilines is 1. The highest BCUT2D eigenvalue weighted by molar-refractivity contribution is 7.99. The summed E-state index contributed by atoms with van der Waals surface area (Å²) in [7, 11) is 0. The molecule has 2 heterocycles. The average molecular weight is 267 g/mol. The SMILES string of the molecule is CCC(CC)CSc1nc(N)c2ccsc2n1. The van der Waals surface area contributed by atoms with Crippen LogP contribution in [0.5, 0.6) is 0 Å². The van der Waals surface area contributed by atoms with Crippen LogP contribution in [-0.4, -0.2) is 15.7 Å². The van der Waals surface area contributed by atoms with E-state index in [9.17, 15) is 0 Å². The van der Waals surface area contributed by atoms with Crippen molar-refractivity contribution in [2.24, 2.45) is 5.92 Å². The topological polar surface area (TPSA) is 51.8 Å². The number of thioether (sulfide) groups is 1. The van der Waals surface area contributed by atoms with Crippen LogP contribution >= 0.6 is 23.1 Å². The molecule has 2 rings (SSSR count). The number of nitrogens with zero attached hydrogens (tertiary/aromatic N) is 2. The molecule has 0 atom stereocenters. The summed E-state index contributed by atoms with van der Waals surface area (Å²) in [5.41, 5.74) is 5.92. The number of aromatic nitrogens is 2. The van der Waals surface area contributed by atoms with Crippen molar-refractivity contribution >= 4 is 39.1 Å². The summed E-state index contributed by atoms with van der Waals surface area (Å²) < 4.78 is 0. The maximum Gasteiger partial charge on any atom is 0.190 e. The van der Waals surface area contributed by atoms with Crippen LogP contribution in [0.25, 0.3) is 10.2 Å². The largest absolute Gasteiger partial charge is 0.383 e. The molecular weight excluding hydrogens is 250 g/mol. The van der Waals surface area contributed by atoms with Crippen molar-refractivity contribution in [2.45, 2.75) is 31.8 Å². The van der Waals surface area contributed by atoms with Gasteiger partial charge in [0.15, 0.2) is 5.16 Å². The quantitative estimate of drug-likeness (QED) is 0.661. The van der Waals surface area contributed by atoms with Crippen LogP contribution in [0.3, 0.4) is 0 Å². The van der Waals surface area contributed by atoms with E-state index in [-0.39, 0.29) is 0 Å². The lowest BCUT2D eigenvalue weighted by Gasteiger charge is -2.10. The first-order valence-electron chi connectivity index (χ1n) is 5.88. The third-order valence-electron chi connectivity index (χ3n) is 2.94. The lowest BCUT2D eigenvalue weighted by Crippen LogP contribution is -2.02. The van der Waals surface area contributed by atoms with E-state index in [2.05, 4.69) is 23.8 Å². The first-order valence-corrected chi connectivity index (χ1v) is 7.74. The second kappa shape index (κ2) is 5.69. The van der Waals surface area contributed by atoms with E-state index in [1.165, 1.54) is 12.8 Å². The molecule has 0 aliphatic rings. The van der Waals surface area contributed by atoms with E-state index in [0.29, 0.717) is 5.82 Å². The van der Waals surface area contributed by atoms with Gasteiger partial charge in [0.05, 0.1) is 5.39 Å². The Morgan fingerprint density at radius 2 is 2.12 bits per heavy atom. The first kappa shape index (κ1) is 12.6. The molecule has 5 heteroatoms. The molecule has 0 spiro atoms. The van der Waals surface area contributed by atoms with Crippen LogP contribution in [0, 0.1) is 5.92 Å². The molecule has 0 saturated heterocycles. The summed E-state index contributed by atoms with van der Waals surface area (Å²) in [6.07, 6.45) is 2.42. The fraction of sp³-hybridized carbons (Fsp3) is 0.500. The smallest absolute Gasteiger partial charge is 0.190 e. The van der Waals surface area contributed by atoms with Gasteiger partial charge < -0.3 is 5.73 Å². The van der Waals surface area contributed by atoms with Gasteiger partial charge in [-0.25, -0.2) is 9.97 Å². The molecular formula is C12H17N3S2. The zero-order valence-corrected chi connectivity index (χ0v) is 11.8. The average Bonchev–Trinajstić information content (AvgIpc) is 2.79. The Kier molecular flexibility index (Phi) is 4.23. The molecule has 2 aromatic rings. The molecule has 2 N–H and O–H groups in total. The molecule has 0 bridgehead atoms. The second-order valence-electron chi connectivity index (χ2n) is 4.02. The Morgan fingerprint density at radius 1 is 1.35 bits per heavy atom. The Balaban J connectivity index is 2.13. The number of hydrogen-bond donors (Lipinski definition) is 1. The van der Waals surface area contributed by atoms with E-state index >= 15 is 0 Å². The summed E-state index contributed by atoms with van der Waals surface area (Å²) in [4.78, 5) is 9.87. The van der Waals surface area contributed by atoms with Gasteiger partial charge in [0.25, 0.3) is 0 Å². The number of nitrogen functional groups attached to an aromatic ring is 1. The highest BCUT2D eigenvalue weighted by Crippen LogP contribution is 2.27. The highest BCUT2D eigenvalue weighted by Gasteiger charge is 2.09. The Labute approximate surface area is 110 Å². The van der Waals surface area contributed by atoms with Gasteiger partial charge in [-0.3, -0.25) is 0 Å². The number of thiophene rings is 1. The minimum Gasteiger partial charge on any atom is -0.383 e. The summed E-state index contributed by atoms with van der Waals surface area (Å²) in [5, 5.41) is 3.79. The maximum absolute atomic E-state index is 5.92. The van der Waals surface area contributed by atoms with Gasteiger partial charge in [-0.2, -0.15) is 0 Å². The molecule has 92 valence electrons. The zero-order chi connectivity index (χ0) is 12.3. The van der Waals surface area contributed by atoms with Crippen LogP contribution in [0.2, 0.25) is 0 Å². The second-order valence-corrected chi connectivity index (χ2v) is 5.91. The van der Waals surface area contributed by atoms with Crippen molar-refractivity contribution in [3.05, 3.63) is 11.4 Å². The molecule has 0 aliphatic carbocycles. The molecule has 0 aliphatic heterocycles. The van der Waals surface area contributed by atoms with Crippen LogP contribution in [0.4, 0.5) is 5.82 Å². The predicted octanol–water partition coefficient (Wildman–Crippen LogP) is 3.80. The minimum absolute atomic E-state index is 0.600. The van der Waals surface area contributed by atoms with Gasteiger partial charge in [0, 0.05) is 5.75 Å². The molecule has 0 fully saturated rings. The van der Waals surface area contributed by atoms with Crippen LogP contribution in [0.15, 0.2) is 16.6 Å². The van der Waals surface area contributed by atoms with Crippen molar-refractivity contribution in [3.63, 3.8) is 0 Å². The van der Waals surface area contributed by atoms with Crippen molar-refractivity contribution in [2.75, 3.05) is 11.5 Å². The lowest BCUT2D eigenvalue weighted by molar-refractivity contribution is 0.553. The Hall–Kier alpha value is -0.810. The van der Waals surface area contributed by atoms with Gasteiger partial charge in [-0.15, -0.1) is 11.3 Å². The molecule has 0 radical (unpaired) electrons. The van der Waals surface area contributed by atoms with Crippen LogP contribution < -0.4 is 5.73 Å². The van der Waals surface area contributed by atoms with Crippen molar-refractivity contribution in [1.82, 2.24) is 9.97 Å². The third-order valence-corrected chi connectivity index (χ3v) is 4.82. The highest BCUT2D eigenvalue weighted by atomic mass is 32.2. The lowest BCUT2D eigenvalue weighted by atomic mass is 10.1. The van der Waals surface area contributed by atoms with E-state index in [0.717, 1.165) is 27.0 Å². The van der Waals surface area contributed by atoms with Crippen LogP contribution in [0.1, 0.15) is 26.7 Å². The first-order chi connectivity index (χ1) is 8.24. The fourth-order valence-corrected chi connectivity index (χ4v) is 3.64. The number of rotatable bonds is 5. The van der Waals surface area contributed by atoms with Gasteiger partial charge in [0.2, 0.25) is 0 Å². The molecule has 0 unspecified atom stereocenters. The summed E-state index contributed by atoms with van der Waals surface area (Å²) >= 11 is 3.33. The van der Waals surface area contributed by atoms with Gasteiger partial charge in [-0.1, -0.05) is 38.5 Å². The predicted molar refractivity (Wildman–Crippen MR) is 76.6 cm³/mol. The summed E-state index contributed by atoms with van der Waals surface area (Å²) in [6, 6.07) is 1.98. The standard InChI is InChI=1S/C12H17N3S2/c1-3-8(4-2)7-17-12-14-10(13)9-5-6-16-11(9)15-12/h5-6,8H,3-4,7H2,1-2H3,(H2,13,14,15). The summed E-state index contributed by atoms with van der Waals surface area (Å²) in [6.45, 7) is 4.46. The maximum atomic E-state index is 5.92. The number of nitrogens with two attached hydrogens (primary N) is 1. The molecule has 0 amide bonds. The van der Waals surface area contributed by atoms with Gasteiger partial charge in [-0.05, 0) is 17.4 Å². The summed E-state index contributed by atoms with van der Waals surface area (Å²) in [5.74, 6) is 2.41. The van der Waals surface area contributed by atoms with Crippen molar-refractivity contribution < 1.29 is 0 Å². The zero-order valence-electron chi connectivity index (χ0n) is 10.1. The monoisotopic (exact) mass is 267 g/mol. The third kappa shape index (κ3) is 2.90.